The molecule has 2 aliphatic rings. The molecule has 0 atom stereocenters. The van der Waals surface area contributed by atoms with Crippen molar-refractivity contribution in [3.8, 4) is 11.3 Å². The molecule has 4 rings (SSSR count). The lowest BCUT2D eigenvalue weighted by Gasteiger charge is -2.12. The summed E-state index contributed by atoms with van der Waals surface area (Å²) in [5.41, 5.74) is 3.47. The number of halogens is 1. The fraction of sp³-hybridized carbons (Fsp3) is 0.312. The minimum absolute atomic E-state index is 0.0477. The maximum Gasteiger partial charge on any atom is 0.180 e. The summed E-state index contributed by atoms with van der Waals surface area (Å²) < 4.78 is 0. The second kappa shape index (κ2) is 4.91. The lowest BCUT2D eigenvalue weighted by Crippen LogP contribution is -2.19. The van der Waals surface area contributed by atoms with E-state index in [1.165, 1.54) is 5.12 Å². The molecule has 0 radical (unpaired) electrons. The number of hydrogen-bond donors (Lipinski definition) is 1. The van der Waals surface area contributed by atoms with Gasteiger partial charge >= 0.3 is 0 Å². The Labute approximate surface area is 138 Å². The fourth-order valence-corrected chi connectivity index (χ4v) is 3.20. The van der Waals surface area contributed by atoms with Crippen LogP contribution in [0.4, 0.5) is 11.5 Å². The highest BCUT2D eigenvalue weighted by atomic mass is 35.5. The SMILES string of the molecule is CN(N=O)N1c2cc(Cl)c(-c3ccc(C4(CO)CC4)cc3)nc21. The number of benzene rings is 1. The van der Waals surface area contributed by atoms with E-state index in [9.17, 15) is 10.0 Å². The highest BCUT2D eigenvalue weighted by Gasteiger charge is 2.43. The lowest BCUT2D eigenvalue weighted by atomic mass is 9.95. The Bertz CT molecular complexity index is 789. The van der Waals surface area contributed by atoms with Crippen molar-refractivity contribution in [2.24, 2.45) is 5.29 Å². The molecule has 6 nitrogen and oxygen atoms in total. The van der Waals surface area contributed by atoms with Crippen molar-refractivity contribution in [2.45, 2.75) is 18.3 Å². The zero-order valence-electron chi connectivity index (χ0n) is 12.5. The molecular weight excluding hydrogens is 316 g/mol. The Morgan fingerprint density at radius 3 is 2.65 bits per heavy atom. The quantitative estimate of drug-likeness (QED) is 0.517. The zero-order chi connectivity index (χ0) is 16.2. The van der Waals surface area contributed by atoms with Crippen LogP contribution in [0.2, 0.25) is 5.02 Å². The molecule has 1 N–H and O–H groups in total. The van der Waals surface area contributed by atoms with E-state index >= 15 is 0 Å². The largest absolute Gasteiger partial charge is 0.395 e. The highest BCUT2D eigenvalue weighted by Crippen LogP contribution is 2.51. The van der Waals surface area contributed by atoms with Gasteiger partial charge in [0, 0.05) is 11.0 Å². The van der Waals surface area contributed by atoms with Gasteiger partial charge in [-0.1, -0.05) is 35.9 Å². The molecule has 0 saturated heterocycles. The van der Waals surface area contributed by atoms with Gasteiger partial charge in [0.15, 0.2) is 5.82 Å². The summed E-state index contributed by atoms with van der Waals surface area (Å²) >= 11 is 6.32. The van der Waals surface area contributed by atoms with Gasteiger partial charge in [-0.05, 0) is 24.5 Å². The van der Waals surface area contributed by atoms with Crippen molar-refractivity contribution in [3.63, 3.8) is 0 Å². The van der Waals surface area contributed by atoms with Gasteiger partial charge in [-0.25, -0.2) is 9.99 Å². The number of aromatic nitrogens is 1. The third kappa shape index (κ3) is 2.17. The standard InChI is InChI=1S/C16H15ClN4O2/c1-20(19-23)21-13-8-12(17)14(18-15(13)21)10-2-4-11(5-3-10)16(9-22)6-7-16/h2-5,8,22H,6-7,9H2,1H3. The summed E-state index contributed by atoms with van der Waals surface area (Å²) in [5.74, 6) is 0.685. The summed E-state index contributed by atoms with van der Waals surface area (Å²) in [7, 11) is 1.56. The maximum absolute atomic E-state index is 10.6. The summed E-state index contributed by atoms with van der Waals surface area (Å²) in [6, 6.07) is 9.78. The molecule has 0 spiro atoms. The average molecular weight is 331 g/mol. The van der Waals surface area contributed by atoms with Gasteiger partial charge < -0.3 is 5.11 Å². The number of nitrogens with zero attached hydrogens (tertiary/aromatic N) is 4. The third-order valence-electron chi connectivity index (χ3n) is 4.65. The molecule has 0 unspecified atom stereocenters. The minimum Gasteiger partial charge on any atom is -0.395 e. The Kier molecular flexibility index (Phi) is 3.08. The molecule has 1 fully saturated rings. The van der Waals surface area contributed by atoms with Crippen LogP contribution < -0.4 is 5.01 Å². The Balaban J connectivity index is 1.65. The van der Waals surface area contributed by atoms with Crippen LogP contribution in [0.15, 0.2) is 35.6 Å². The van der Waals surface area contributed by atoms with Crippen LogP contribution in [0, 0.1) is 4.91 Å². The van der Waals surface area contributed by atoms with Crippen molar-refractivity contribution in [1.82, 2.24) is 10.1 Å². The van der Waals surface area contributed by atoms with Gasteiger partial charge in [0.1, 0.15) is 5.69 Å². The van der Waals surface area contributed by atoms with Crippen LogP contribution in [-0.4, -0.2) is 28.9 Å². The van der Waals surface area contributed by atoms with Crippen molar-refractivity contribution < 1.29 is 5.11 Å². The number of aliphatic hydroxyl groups is 1. The van der Waals surface area contributed by atoms with E-state index in [4.69, 9.17) is 11.6 Å². The molecule has 1 aliphatic heterocycles. The highest BCUT2D eigenvalue weighted by molar-refractivity contribution is 6.33. The number of hydrazine groups is 1. The number of pyridine rings is 1. The second-order valence-electron chi connectivity index (χ2n) is 6.06. The van der Waals surface area contributed by atoms with Crippen LogP contribution >= 0.6 is 11.6 Å². The van der Waals surface area contributed by atoms with Crippen LogP contribution in [0.1, 0.15) is 18.4 Å². The van der Waals surface area contributed by atoms with E-state index in [-0.39, 0.29) is 12.0 Å². The van der Waals surface area contributed by atoms with Crippen molar-refractivity contribution in [3.05, 3.63) is 45.8 Å². The van der Waals surface area contributed by atoms with Gasteiger partial charge in [-0.3, -0.25) is 0 Å². The molecule has 23 heavy (non-hydrogen) atoms. The molecule has 2 heterocycles. The number of fused-ring (bicyclic) bond motifs is 1. The summed E-state index contributed by atoms with van der Waals surface area (Å²) in [5, 5.41) is 15.7. The number of rotatable bonds is 5. The molecule has 1 saturated carbocycles. The number of anilines is 2. The minimum atomic E-state index is -0.0477. The van der Waals surface area contributed by atoms with Gasteiger partial charge in [-0.2, -0.15) is 5.12 Å². The van der Waals surface area contributed by atoms with E-state index in [1.807, 2.05) is 24.3 Å². The first-order valence-electron chi connectivity index (χ1n) is 7.39. The lowest BCUT2D eigenvalue weighted by molar-refractivity contribution is 0.255. The molecule has 118 valence electrons. The van der Waals surface area contributed by atoms with Gasteiger partial charge in [0.25, 0.3) is 0 Å². The first kappa shape index (κ1) is 14.4. The Hall–Kier alpha value is -2.18. The first-order valence-corrected chi connectivity index (χ1v) is 7.77. The van der Waals surface area contributed by atoms with Gasteiger partial charge in [-0.15, -0.1) is 4.91 Å². The molecule has 0 bridgehead atoms. The van der Waals surface area contributed by atoms with E-state index in [0.717, 1.165) is 29.7 Å². The van der Waals surface area contributed by atoms with Gasteiger partial charge in [0.05, 0.1) is 29.7 Å². The van der Waals surface area contributed by atoms with Crippen LogP contribution in [0.5, 0.6) is 0 Å². The summed E-state index contributed by atoms with van der Waals surface area (Å²) in [6.45, 7) is 0.185. The summed E-state index contributed by atoms with van der Waals surface area (Å²) in [4.78, 5) is 15.1. The average Bonchev–Trinajstić information content (AvgIpc) is 3.48. The van der Waals surface area contributed by atoms with Crippen molar-refractivity contribution >= 4 is 23.1 Å². The molecule has 7 heteroatoms. The molecule has 1 aromatic carbocycles. The monoisotopic (exact) mass is 330 g/mol. The molecular formula is C16H15ClN4O2. The Morgan fingerprint density at radius 1 is 1.39 bits per heavy atom. The van der Waals surface area contributed by atoms with E-state index in [2.05, 4.69) is 10.3 Å². The molecule has 2 aromatic rings. The van der Waals surface area contributed by atoms with Crippen molar-refractivity contribution in [1.29, 1.82) is 0 Å². The molecule has 1 aliphatic carbocycles. The smallest absolute Gasteiger partial charge is 0.180 e. The van der Waals surface area contributed by atoms with Crippen LogP contribution in [0.25, 0.3) is 11.3 Å². The zero-order valence-corrected chi connectivity index (χ0v) is 13.3. The van der Waals surface area contributed by atoms with E-state index in [1.54, 1.807) is 18.1 Å². The molecule has 0 amide bonds. The van der Waals surface area contributed by atoms with E-state index < -0.39 is 0 Å². The number of hydrogen-bond acceptors (Lipinski definition) is 5. The van der Waals surface area contributed by atoms with E-state index in [0.29, 0.717) is 16.5 Å². The predicted molar refractivity (Wildman–Crippen MR) is 88.4 cm³/mol. The normalized spacial score (nSPS) is 16.7. The second-order valence-corrected chi connectivity index (χ2v) is 6.47. The maximum atomic E-state index is 10.6. The summed E-state index contributed by atoms with van der Waals surface area (Å²) in [6.07, 6.45) is 2.06. The van der Waals surface area contributed by atoms with Crippen LogP contribution in [-0.2, 0) is 5.41 Å². The van der Waals surface area contributed by atoms with Crippen molar-refractivity contribution in [2.75, 3.05) is 18.7 Å². The number of aliphatic hydroxyl groups excluding tert-OH is 1. The molecule has 1 aromatic heterocycles. The van der Waals surface area contributed by atoms with Gasteiger partial charge in [0.2, 0.25) is 0 Å². The number of nitroso groups, excluding NO2 is 1. The topological polar surface area (TPSA) is 68.8 Å². The third-order valence-corrected chi connectivity index (χ3v) is 4.94. The Morgan fingerprint density at radius 2 is 2.09 bits per heavy atom. The predicted octanol–water partition coefficient (Wildman–Crippen LogP) is 3.41. The van der Waals surface area contributed by atoms with Crippen LogP contribution in [0.3, 0.4) is 0 Å². The first-order chi connectivity index (χ1) is 11.1. The fourth-order valence-electron chi connectivity index (χ4n) is 2.94.